The van der Waals surface area contributed by atoms with Crippen LogP contribution in [0.2, 0.25) is 0 Å². The Balaban J connectivity index is 1.69. The molecule has 0 amide bonds. The van der Waals surface area contributed by atoms with Gasteiger partial charge in [-0.15, -0.1) is 0 Å². The van der Waals surface area contributed by atoms with Crippen molar-refractivity contribution in [3.05, 3.63) is 53.1 Å². The molecule has 2 rings (SSSR count). The molecule has 30 heavy (non-hydrogen) atoms. The monoisotopic (exact) mass is 412 g/mol. The molecule has 164 valence electrons. The summed E-state index contributed by atoms with van der Waals surface area (Å²) in [6, 6.07) is 10.2. The molecule has 0 radical (unpaired) electrons. The molecule has 4 nitrogen and oxygen atoms in total. The number of aromatic hydroxyl groups is 3. The maximum Gasteiger partial charge on any atom is 0.123 e. The average Bonchev–Trinajstić information content (AvgIpc) is 2.73. The van der Waals surface area contributed by atoms with E-state index in [1.54, 1.807) is 36.4 Å². The number of phenols is 3. The van der Waals surface area contributed by atoms with Gasteiger partial charge in [0.25, 0.3) is 0 Å². The first-order valence-electron chi connectivity index (χ1n) is 11.2. The molecule has 0 spiro atoms. The SMILES string of the molecule is OCCCCCCCCCCCCc1c(O)cc(C=Cc2ccc(O)cc2)cc1O. The zero-order valence-electron chi connectivity index (χ0n) is 17.9. The lowest BCUT2D eigenvalue weighted by molar-refractivity contribution is 0.282. The van der Waals surface area contributed by atoms with Gasteiger partial charge in [0.1, 0.15) is 17.2 Å². The average molecular weight is 413 g/mol. The minimum Gasteiger partial charge on any atom is -0.508 e. The minimum absolute atomic E-state index is 0.142. The number of rotatable bonds is 14. The summed E-state index contributed by atoms with van der Waals surface area (Å²) in [6.45, 7) is 0.310. The van der Waals surface area contributed by atoms with Crippen LogP contribution in [0.1, 0.15) is 80.9 Å². The molecule has 0 aliphatic rings. The molecule has 0 unspecified atom stereocenters. The highest BCUT2D eigenvalue weighted by atomic mass is 16.3. The van der Waals surface area contributed by atoms with E-state index in [2.05, 4.69) is 0 Å². The Kier molecular flexibility index (Phi) is 10.9. The van der Waals surface area contributed by atoms with Gasteiger partial charge in [0.05, 0.1) is 0 Å². The van der Waals surface area contributed by atoms with E-state index in [0.29, 0.717) is 18.6 Å². The molecule has 0 aliphatic heterocycles. The van der Waals surface area contributed by atoms with Crippen LogP contribution >= 0.6 is 0 Å². The van der Waals surface area contributed by atoms with Gasteiger partial charge in [-0.3, -0.25) is 0 Å². The van der Waals surface area contributed by atoms with E-state index in [1.165, 1.54) is 38.5 Å². The van der Waals surface area contributed by atoms with Crippen molar-refractivity contribution in [2.75, 3.05) is 6.61 Å². The molecule has 2 aromatic carbocycles. The van der Waals surface area contributed by atoms with Gasteiger partial charge in [-0.2, -0.15) is 0 Å². The summed E-state index contributed by atoms with van der Waals surface area (Å²) in [5.74, 6) is 0.507. The predicted octanol–water partition coefficient (Wildman–Crippen LogP) is 6.41. The second-order valence-corrected chi connectivity index (χ2v) is 7.97. The Morgan fingerprint density at radius 1 is 0.567 bits per heavy atom. The molecular formula is C26H36O4. The molecule has 0 aliphatic carbocycles. The zero-order chi connectivity index (χ0) is 21.6. The van der Waals surface area contributed by atoms with Crippen molar-refractivity contribution in [3.63, 3.8) is 0 Å². The van der Waals surface area contributed by atoms with E-state index in [1.807, 2.05) is 12.2 Å². The van der Waals surface area contributed by atoms with Crippen molar-refractivity contribution in [3.8, 4) is 17.2 Å². The number of hydrogen-bond acceptors (Lipinski definition) is 4. The Morgan fingerprint density at radius 3 is 1.57 bits per heavy atom. The molecule has 0 atom stereocenters. The maximum absolute atomic E-state index is 10.3. The summed E-state index contributed by atoms with van der Waals surface area (Å²) in [4.78, 5) is 0. The van der Waals surface area contributed by atoms with E-state index in [9.17, 15) is 15.3 Å². The topological polar surface area (TPSA) is 80.9 Å². The Hall–Kier alpha value is -2.46. The van der Waals surface area contributed by atoms with Gasteiger partial charge in [0, 0.05) is 12.2 Å². The molecule has 4 heteroatoms. The fourth-order valence-electron chi connectivity index (χ4n) is 3.62. The van der Waals surface area contributed by atoms with Crippen LogP contribution in [0.3, 0.4) is 0 Å². The highest BCUT2D eigenvalue weighted by molar-refractivity contribution is 5.71. The molecule has 0 fully saturated rings. The number of phenolic OH excluding ortho intramolecular Hbond substituents is 3. The maximum atomic E-state index is 10.3. The first kappa shape index (κ1) is 23.8. The van der Waals surface area contributed by atoms with E-state index < -0.39 is 0 Å². The second kappa shape index (κ2) is 13.7. The molecule has 4 N–H and O–H groups in total. The fraction of sp³-hybridized carbons (Fsp3) is 0.462. The van der Waals surface area contributed by atoms with E-state index in [-0.39, 0.29) is 17.2 Å². The van der Waals surface area contributed by atoms with E-state index >= 15 is 0 Å². The van der Waals surface area contributed by atoms with Crippen LogP contribution in [0.15, 0.2) is 36.4 Å². The zero-order valence-corrected chi connectivity index (χ0v) is 17.9. The van der Waals surface area contributed by atoms with Crippen LogP contribution in [0.5, 0.6) is 17.2 Å². The third kappa shape index (κ3) is 8.91. The summed E-state index contributed by atoms with van der Waals surface area (Å²) in [7, 11) is 0. The largest absolute Gasteiger partial charge is 0.508 e. The fourth-order valence-corrected chi connectivity index (χ4v) is 3.62. The van der Waals surface area contributed by atoms with Crippen molar-refractivity contribution >= 4 is 12.2 Å². The van der Waals surface area contributed by atoms with Crippen LogP contribution in [-0.2, 0) is 6.42 Å². The number of aliphatic hydroxyl groups is 1. The number of benzene rings is 2. The summed E-state index contributed by atoms with van der Waals surface area (Å²) in [5.41, 5.74) is 2.29. The number of hydrogen-bond donors (Lipinski definition) is 4. The third-order valence-electron chi connectivity index (χ3n) is 5.42. The lowest BCUT2D eigenvalue weighted by atomic mass is 10.0. The first-order chi connectivity index (χ1) is 14.6. The second-order valence-electron chi connectivity index (χ2n) is 7.97. The normalized spacial score (nSPS) is 11.4. The van der Waals surface area contributed by atoms with Gasteiger partial charge in [-0.25, -0.2) is 0 Å². The lowest BCUT2D eigenvalue weighted by Crippen LogP contribution is -1.90. The highest BCUT2D eigenvalue weighted by Gasteiger charge is 2.09. The quantitative estimate of drug-likeness (QED) is 0.213. The molecule has 0 heterocycles. The van der Waals surface area contributed by atoms with Crippen LogP contribution in [0.4, 0.5) is 0 Å². The van der Waals surface area contributed by atoms with Crippen LogP contribution in [0, 0.1) is 0 Å². The van der Waals surface area contributed by atoms with E-state index in [0.717, 1.165) is 36.8 Å². The van der Waals surface area contributed by atoms with Crippen molar-refractivity contribution < 1.29 is 20.4 Å². The summed E-state index contributed by atoms with van der Waals surface area (Å²) >= 11 is 0. The van der Waals surface area contributed by atoms with E-state index in [4.69, 9.17) is 5.11 Å². The van der Waals surface area contributed by atoms with Gasteiger partial charge in [-0.05, 0) is 54.7 Å². The van der Waals surface area contributed by atoms with Gasteiger partial charge in [-0.1, -0.05) is 75.7 Å². The number of unbranched alkanes of at least 4 members (excludes halogenated alkanes) is 9. The number of aliphatic hydroxyl groups excluding tert-OH is 1. The van der Waals surface area contributed by atoms with Crippen molar-refractivity contribution in [2.45, 2.75) is 70.6 Å². The van der Waals surface area contributed by atoms with Gasteiger partial charge < -0.3 is 20.4 Å². The van der Waals surface area contributed by atoms with Gasteiger partial charge in [0.15, 0.2) is 0 Å². The molecule has 0 saturated carbocycles. The molecular weight excluding hydrogens is 376 g/mol. The summed E-state index contributed by atoms with van der Waals surface area (Å²) < 4.78 is 0. The van der Waals surface area contributed by atoms with Gasteiger partial charge in [0.2, 0.25) is 0 Å². The smallest absolute Gasteiger partial charge is 0.123 e. The minimum atomic E-state index is 0.142. The Bertz CT molecular complexity index is 742. The lowest BCUT2D eigenvalue weighted by Gasteiger charge is -2.09. The van der Waals surface area contributed by atoms with Crippen molar-refractivity contribution in [2.24, 2.45) is 0 Å². The first-order valence-corrected chi connectivity index (χ1v) is 11.2. The highest BCUT2D eigenvalue weighted by Crippen LogP contribution is 2.31. The Labute approximate surface area is 180 Å². The molecule has 0 aromatic heterocycles. The van der Waals surface area contributed by atoms with Gasteiger partial charge >= 0.3 is 0 Å². The summed E-state index contributed by atoms with van der Waals surface area (Å²) in [5, 5.41) is 38.7. The Morgan fingerprint density at radius 2 is 1.03 bits per heavy atom. The van der Waals surface area contributed by atoms with Crippen molar-refractivity contribution in [1.29, 1.82) is 0 Å². The molecule has 2 aromatic rings. The third-order valence-corrected chi connectivity index (χ3v) is 5.42. The van der Waals surface area contributed by atoms with Crippen LogP contribution in [-0.4, -0.2) is 27.0 Å². The predicted molar refractivity (Wildman–Crippen MR) is 124 cm³/mol. The summed E-state index contributed by atoms with van der Waals surface area (Å²) in [6.07, 6.45) is 15.9. The van der Waals surface area contributed by atoms with Crippen LogP contribution < -0.4 is 0 Å². The van der Waals surface area contributed by atoms with Crippen LogP contribution in [0.25, 0.3) is 12.2 Å². The molecule has 0 saturated heterocycles. The molecule has 0 bridgehead atoms. The van der Waals surface area contributed by atoms with Crippen molar-refractivity contribution in [1.82, 2.24) is 0 Å². The standard InChI is InChI=1S/C26H36O4/c27-18-10-8-6-4-2-1-3-5-7-9-11-24-25(29)19-22(20-26(24)30)13-12-21-14-16-23(28)17-15-21/h12-17,19-20,27-30H,1-11,18H2.